The van der Waals surface area contributed by atoms with Gasteiger partial charge in [-0.05, 0) is 42.8 Å². The van der Waals surface area contributed by atoms with E-state index in [-0.39, 0.29) is 11.9 Å². The molecule has 0 aliphatic carbocycles. The van der Waals surface area contributed by atoms with Crippen molar-refractivity contribution < 1.29 is 13.9 Å². The molecule has 0 bridgehead atoms. The van der Waals surface area contributed by atoms with Gasteiger partial charge < -0.3 is 9.47 Å². The molecule has 3 aromatic rings. The number of allylic oxidation sites excluding steroid dienone is 1. The number of ether oxygens (including phenoxy) is 2. The molecule has 0 aliphatic heterocycles. The predicted octanol–water partition coefficient (Wildman–Crippen LogP) is 5.04. The molecule has 0 N–H and O–H groups in total. The van der Waals surface area contributed by atoms with Crippen molar-refractivity contribution in [3.05, 3.63) is 78.4 Å². The molecule has 0 amide bonds. The second-order valence-electron chi connectivity index (χ2n) is 6.06. The van der Waals surface area contributed by atoms with Gasteiger partial charge in [-0.3, -0.25) is 4.57 Å². The number of thioether (sulfide) groups is 1. The minimum Gasteiger partial charge on any atom is -0.497 e. The molecule has 0 aliphatic rings. The fourth-order valence-corrected chi connectivity index (χ4v) is 3.62. The van der Waals surface area contributed by atoms with Gasteiger partial charge in [-0.15, -0.1) is 16.8 Å². The zero-order valence-electron chi connectivity index (χ0n) is 15.8. The van der Waals surface area contributed by atoms with E-state index in [0.29, 0.717) is 34.6 Å². The second kappa shape index (κ2) is 9.41. The van der Waals surface area contributed by atoms with Gasteiger partial charge in [0.05, 0.1) is 7.11 Å². The number of aromatic nitrogens is 3. The fraction of sp³-hybridized carbons (Fsp3) is 0.238. The van der Waals surface area contributed by atoms with Crippen molar-refractivity contribution >= 4 is 11.8 Å². The Kier molecular flexibility index (Phi) is 6.71. The average molecular weight is 399 g/mol. The average Bonchev–Trinajstić information content (AvgIpc) is 3.11. The molecule has 0 saturated carbocycles. The molecule has 0 spiro atoms. The third kappa shape index (κ3) is 4.72. The van der Waals surface area contributed by atoms with E-state index in [2.05, 4.69) is 16.8 Å². The molecule has 5 nitrogen and oxygen atoms in total. The topological polar surface area (TPSA) is 49.2 Å². The molecular weight excluding hydrogens is 377 g/mol. The minimum absolute atomic E-state index is 0.221. The Morgan fingerprint density at radius 2 is 1.86 bits per heavy atom. The largest absolute Gasteiger partial charge is 0.497 e. The molecule has 3 rings (SSSR count). The Labute approximate surface area is 168 Å². The van der Waals surface area contributed by atoms with Crippen LogP contribution in [0.15, 0.2) is 66.3 Å². The van der Waals surface area contributed by atoms with E-state index >= 15 is 0 Å². The summed E-state index contributed by atoms with van der Waals surface area (Å²) in [6.07, 6.45) is 1.46. The highest BCUT2D eigenvalue weighted by atomic mass is 32.2. The van der Waals surface area contributed by atoms with Gasteiger partial charge in [0.1, 0.15) is 17.3 Å². The zero-order valence-corrected chi connectivity index (χ0v) is 16.7. The van der Waals surface area contributed by atoms with Crippen molar-refractivity contribution in [2.45, 2.75) is 30.5 Å². The number of halogens is 1. The normalized spacial score (nSPS) is 11.8. The SMILES string of the molecule is C=CCn1c(SCc2ccccc2F)nnc1C(C)Oc1ccc(OC)cc1. The summed E-state index contributed by atoms with van der Waals surface area (Å²) in [5.74, 6) is 2.41. The van der Waals surface area contributed by atoms with Crippen molar-refractivity contribution in [2.24, 2.45) is 0 Å². The van der Waals surface area contributed by atoms with Gasteiger partial charge in [0.25, 0.3) is 0 Å². The lowest BCUT2D eigenvalue weighted by atomic mass is 10.2. The van der Waals surface area contributed by atoms with E-state index in [0.717, 1.165) is 5.75 Å². The smallest absolute Gasteiger partial charge is 0.191 e. The molecule has 0 saturated heterocycles. The number of rotatable bonds is 9. The van der Waals surface area contributed by atoms with Gasteiger partial charge in [0, 0.05) is 12.3 Å². The van der Waals surface area contributed by atoms with Gasteiger partial charge in [0.2, 0.25) is 0 Å². The minimum atomic E-state index is -0.316. The lowest BCUT2D eigenvalue weighted by molar-refractivity contribution is 0.210. The number of nitrogens with zero attached hydrogens (tertiary/aromatic N) is 3. The van der Waals surface area contributed by atoms with Crippen LogP contribution in [0.25, 0.3) is 0 Å². The predicted molar refractivity (Wildman–Crippen MR) is 108 cm³/mol. The van der Waals surface area contributed by atoms with Gasteiger partial charge in [0.15, 0.2) is 17.1 Å². The highest BCUT2D eigenvalue weighted by Crippen LogP contribution is 2.28. The van der Waals surface area contributed by atoms with Gasteiger partial charge in [-0.1, -0.05) is 36.0 Å². The number of hydrogen-bond acceptors (Lipinski definition) is 5. The third-order valence-electron chi connectivity index (χ3n) is 4.11. The summed E-state index contributed by atoms with van der Waals surface area (Å²) in [7, 11) is 1.62. The van der Waals surface area contributed by atoms with E-state index in [1.165, 1.54) is 17.8 Å². The first kappa shape index (κ1) is 19.9. The molecule has 1 heterocycles. The third-order valence-corrected chi connectivity index (χ3v) is 5.12. The van der Waals surface area contributed by atoms with Crippen LogP contribution in [0.3, 0.4) is 0 Å². The highest BCUT2D eigenvalue weighted by Gasteiger charge is 2.19. The van der Waals surface area contributed by atoms with E-state index in [1.54, 1.807) is 25.3 Å². The van der Waals surface area contributed by atoms with Crippen LogP contribution < -0.4 is 9.47 Å². The van der Waals surface area contributed by atoms with Crippen LogP contribution in [0, 0.1) is 5.82 Å². The van der Waals surface area contributed by atoms with Crippen molar-refractivity contribution in [2.75, 3.05) is 7.11 Å². The van der Waals surface area contributed by atoms with Crippen molar-refractivity contribution in [3.63, 3.8) is 0 Å². The van der Waals surface area contributed by atoms with Crippen molar-refractivity contribution in [1.29, 1.82) is 0 Å². The lowest BCUT2D eigenvalue weighted by Gasteiger charge is -2.16. The number of hydrogen-bond donors (Lipinski definition) is 0. The molecule has 0 radical (unpaired) electrons. The monoisotopic (exact) mass is 399 g/mol. The van der Waals surface area contributed by atoms with Crippen LogP contribution >= 0.6 is 11.8 Å². The Hall–Kier alpha value is -2.80. The van der Waals surface area contributed by atoms with Gasteiger partial charge in [-0.2, -0.15) is 0 Å². The van der Waals surface area contributed by atoms with E-state index < -0.39 is 0 Å². The molecule has 1 aromatic heterocycles. The molecule has 2 aromatic carbocycles. The second-order valence-corrected chi connectivity index (χ2v) is 7.00. The quantitative estimate of drug-likeness (QED) is 0.372. The van der Waals surface area contributed by atoms with E-state index in [4.69, 9.17) is 9.47 Å². The lowest BCUT2D eigenvalue weighted by Crippen LogP contribution is -2.12. The molecule has 28 heavy (non-hydrogen) atoms. The maximum Gasteiger partial charge on any atom is 0.191 e. The standard InChI is InChI=1S/C21H22FN3O2S/c1-4-13-25-20(15(2)27-18-11-9-17(26-3)10-12-18)23-24-21(25)28-14-16-7-5-6-8-19(16)22/h4-12,15H,1,13-14H2,2-3H3. The zero-order chi connectivity index (χ0) is 19.9. The Morgan fingerprint density at radius 3 is 2.54 bits per heavy atom. The summed E-state index contributed by atoms with van der Waals surface area (Å²) in [5.41, 5.74) is 0.629. The summed E-state index contributed by atoms with van der Waals surface area (Å²) in [5, 5.41) is 9.27. The summed E-state index contributed by atoms with van der Waals surface area (Å²) in [4.78, 5) is 0. The molecule has 1 unspecified atom stereocenters. The van der Waals surface area contributed by atoms with Crippen molar-refractivity contribution in [1.82, 2.24) is 14.8 Å². The first-order chi connectivity index (χ1) is 13.6. The van der Waals surface area contributed by atoms with Gasteiger partial charge >= 0.3 is 0 Å². The Balaban J connectivity index is 1.75. The first-order valence-electron chi connectivity index (χ1n) is 8.83. The van der Waals surface area contributed by atoms with Crippen LogP contribution in [0.4, 0.5) is 4.39 Å². The van der Waals surface area contributed by atoms with Crippen molar-refractivity contribution in [3.8, 4) is 11.5 Å². The number of methoxy groups -OCH3 is 1. The van der Waals surface area contributed by atoms with E-state index in [1.807, 2.05) is 41.8 Å². The van der Waals surface area contributed by atoms with E-state index in [9.17, 15) is 4.39 Å². The molecule has 0 fully saturated rings. The Bertz CT molecular complexity index is 928. The maximum absolute atomic E-state index is 13.9. The van der Waals surface area contributed by atoms with Crippen LogP contribution in [0.5, 0.6) is 11.5 Å². The van der Waals surface area contributed by atoms with Crippen LogP contribution in [-0.2, 0) is 12.3 Å². The number of benzene rings is 2. The summed E-state index contributed by atoms with van der Waals surface area (Å²) in [6, 6.07) is 14.1. The summed E-state index contributed by atoms with van der Waals surface area (Å²) in [6.45, 7) is 6.27. The maximum atomic E-state index is 13.9. The highest BCUT2D eigenvalue weighted by molar-refractivity contribution is 7.98. The van der Waals surface area contributed by atoms with Crippen LogP contribution in [-0.4, -0.2) is 21.9 Å². The first-order valence-corrected chi connectivity index (χ1v) is 9.82. The fourth-order valence-electron chi connectivity index (χ4n) is 2.68. The van der Waals surface area contributed by atoms with Crippen LogP contribution in [0.2, 0.25) is 0 Å². The summed E-state index contributed by atoms with van der Waals surface area (Å²) < 4.78 is 27.0. The Morgan fingerprint density at radius 1 is 1.14 bits per heavy atom. The molecular formula is C21H22FN3O2S. The molecule has 7 heteroatoms. The summed E-state index contributed by atoms with van der Waals surface area (Å²) >= 11 is 1.43. The molecule has 146 valence electrons. The van der Waals surface area contributed by atoms with Gasteiger partial charge in [-0.25, -0.2) is 4.39 Å². The molecule has 1 atom stereocenters. The van der Waals surface area contributed by atoms with Crippen LogP contribution in [0.1, 0.15) is 24.4 Å².